The van der Waals surface area contributed by atoms with Crippen LogP contribution in [0.4, 0.5) is 5.69 Å². The van der Waals surface area contributed by atoms with Gasteiger partial charge in [-0.25, -0.2) is 0 Å². The lowest BCUT2D eigenvalue weighted by Crippen LogP contribution is -2.51. The molecule has 2 unspecified atom stereocenters. The summed E-state index contributed by atoms with van der Waals surface area (Å²) in [6, 6.07) is 16.3. The molecule has 8 heteroatoms. The van der Waals surface area contributed by atoms with Crippen molar-refractivity contribution in [1.82, 2.24) is 10.2 Å². The number of hydrogen-bond donors (Lipinski definition) is 5. The van der Waals surface area contributed by atoms with Gasteiger partial charge in [-0.15, -0.1) is 0 Å². The lowest BCUT2D eigenvalue weighted by Gasteiger charge is -2.24. The van der Waals surface area contributed by atoms with Gasteiger partial charge < -0.3 is 32.7 Å². The third kappa shape index (κ3) is 10.1. The molecular formula is C28H44N6O2. The number of aryl methyl sites for hydroxylation is 1. The van der Waals surface area contributed by atoms with Crippen molar-refractivity contribution in [2.24, 2.45) is 17.2 Å². The maximum Gasteiger partial charge on any atom is 0.246 e. The van der Waals surface area contributed by atoms with Crippen LogP contribution in [0.15, 0.2) is 54.6 Å². The Morgan fingerprint density at radius 2 is 1.47 bits per heavy atom. The molecule has 198 valence electrons. The van der Waals surface area contributed by atoms with Gasteiger partial charge in [0.2, 0.25) is 11.8 Å². The van der Waals surface area contributed by atoms with Crippen LogP contribution in [0, 0.1) is 0 Å². The summed E-state index contributed by atoms with van der Waals surface area (Å²) in [5.41, 5.74) is 20.5. The molecule has 0 aliphatic heterocycles. The Balaban J connectivity index is 2.05. The van der Waals surface area contributed by atoms with E-state index in [1.165, 1.54) is 5.56 Å². The van der Waals surface area contributed by atoms with Crippen LogP contribution in [-0.2, 0) is 21.4 Å². The van der Waals surface area contributed by atoms with Crippen LogP contribution < -0.4 is 27.8 Å². The molecule has 36 heavy (non-hydrogen) atoms. The second-order valence-electron chi connectivity index (χ2n) is 10.2. The fraction of sp³-hybridized carbons (Fsp3) is 0.500. The summed E-state index contributed by atoms with van der Waals surface area (Å²) in [7, 11) is 0. The highest BCUT2D eigenvalue weighted by Crippen LogP contribution is 2.23. The number of nitrogens with two attached hydrogens (primary N) is 3. The van der Waals surface area contributed by atoms with Crippen LogP contribution in [0.3, 0.4) is 0 Å². The number of benzene rings is 2. The minimum absolute atomic E-state index is 0.0226. The lowest BCUT2D eigenvalue weighted by atomic mass is 9.87. The van der Waals surface area contributed by atoms with Crippen molar-refractivity contribution in [2.75, 3.05) is 38.0 Å². The summed E-state index contributed by atoms with van der Waals surface area (Å²) < 4.78 is 0. The third-order valence-corrected chi connectivity index (χ3v) is 6.20. The smallest absolute Gasteiger partial charge is 0.246 e. The van der Waals surface area contributed by atoms with E-state index in [1.54, 1.807) is 0 Å². The van der Waals surface area contributed by atoms with E-state index in [4.69, 9.17) is 17.2 Å². The van der Waals surface area contributed by atoms with Gasteiger partial charge in [-0.3, -0.25) is 9.59 Å². The van der Waals surface area contributed by atoms with Crippen LogP contribution in [0.5, 0.6) is 0 Å². The van der Waals surface area contributed by atoms with Crippen molar-refractivity contribution in [1.29, 1.82) is 0 Å². The molecule has 8 N–H and O–H groups in total. The number of nitrogens with zero attached hydrogens (tertiary/aromatic N) is 1. The van der Waals surface area contributed by atoms with E-state index in [1.807, 2.05) is 54.6 Å². The molecule has 2 aromatic carbocycles. The number of nitrogens with one attached hydrogen (secondary N) is 2. The molecular weight excluding hydrogens is 452 g/mol. The van der Waals surface area contributed by atoms with Gasteiger partial charge in [0.05, 0.1) is 6.04 Å². The molecule has 0 aromatic heterocycles. The summed E-state index contributed by atoms with van der Waals surface area (Å²) in [4.78, 5) is 28.2. The van der Waals surface area contributed by atoms with Gasteiger partial charge >= 0.3 is 0 Å². The van der Waals surface area contributed by atoms with Crippen molar-refractivity contribution in [2.45, 2.75) is 57.5 Å². The minimum Gasteiger partial charge on any atom is -0.343 e. The highest BCUT2D eigenvalue weighted by molar-refractivity contribution is 5.97. The predicted molar refractivity (Wildman–Crippen MR) is 148 cm³/mol. The molecule has 0 radical (unpaired) electrons. The molecule has 0 saturated heterocycles. The number of hydrogen-bond acceptors (Lipinski definition) is 6. The molecule has 0 fully saturated rings. The first kappa shape index (κ1) is 29.5. The quantitative estimate of drug-likeness (QED) is 0.271. The van der Waals surface area contributed by atoms with Crippen molar-refractivity contribution in [3.8, 4) is 0 Å². The van der Waals surface area contributed by atoms with Crippen LogP contribution in [0.25, 0.3) is 0 Å². The summed E-state index contributed by atoms with van der Waals surface area (Å²) in [6.07, 6.45) is 1.56. The summed E-state index contributed by atoms with van der Waals surface area (Å²) in [6.45, 7) is 9.46. The second-order valence-corrected chi connectivity index (χ2v) is 10.2. The number of amides is 2. The SMILES string of the molecule is CC(C)(C)c1ccc(NC(=O)C(CCc2ccccc2)NC(=O)C(N)CCN(CCN)CCN)cc1. The molecule has 0 saturated carbocycles. The largest absolute Gasteiger partial charge is 0.343 e. The fourth-order valence-electron chi connectivity index (χ4n) is 3.94. The van der Waals surface area contributed by atoms with Crippen molar-refractivity contribution in [3.05, 3.63) is 65.7 Å². The Labute approximate surface area is 216 Å². The zero-order valence-electron chi connectivity index (χ0n) is 22.0. The summed E-state index contributed by atoms with van der Waals surface area (Å²) >= 11 is 0. The molecule has 0 spiro atoms. The van der Waals surface area contributed by atoms with E-state index in [2.05, 4.69) is 36.3 Å². The van der Waals surface area contributed by atoms with E-state index in [0.29, 0.717) is 57.7 Å². The molecule has 0 aliphatic carbocycles. The first-order chi connectivity index (χ1) is 17.1. The van der Waals surface area contributed by atoms with Crippen molar-refractivity contribution < 1.29 is 9.59 Å². The normalized spacial score (nSPS) is 13.3. The predicted octanol–water partition coefficient (Wildman–Crippen LogP) is 1.98. The van der Waals surface area contributed by atoms with Gasteiger partial charge in [0, 0.05) is 38.4 Å². The summed E-state index contributed by atoms with van der Waals surface area (Å²) in [5, 5.41) is 5.84. The Kier molecular flexibility index (Phi) is 12.0. The molecule has 2 atom stereocenters. The topological polar surface area (TPSA) is 140 Å². The Morgan fingerprint density at radius 3 is 2.03 bits per heavy atom. The first-order valence-electron chi connectivity index (χ1n) is 12.8. The van der Waals surface area contributed by atoms with Crippen molar-refractivity contribution >= 4 is 17.5 Å². The maximum absolute atomic E-state index is 13.2. The highest BCUT2D eigenvalue weighted by Gasteiger charge is 2.24. The lowest BCUT2D eigenvalue weighted by molar-refractivity contribution is -0.127. The van der Waals surface area contributed by atoms with Gasteiger partial charge in [-0.05, 0) is 47.9 Å². The Hall–Kier alpha value is -2.78. The number of rotatable bonds is 14. The monoisotopic (exact) mass is 496 g/mol. The van der Waals surface area contributed by atoms with Gasteiger partial charge in [-0.2, -0.15) is 0 Å². The van der Waals surface area contributed by atoms with Crippen LogP contribution in [0.2, 0.25) is 0 Å². The average Bonchev–Trinajstić information content (AvgIpc) is 2.85. The summed E-state index contributed by atoms with van der Waals surface area (Å²) in [5.74, 6) is -0.602. The first-order valence-corrected chi connectivity index (χ1v) is 12.8. The highest BCUT2D eigenvalue weighted by atomic mass is 16.2. The molecule has 2 amide bonds. The zero-order valence-corrected chi connectivity index (χ0v) is 22.0. The van der Waals surface area contributed by atoms with E-state index >= 15 is 0 Å². The van der Waals surface area contributed by atoms with Crippen LogP contribution in [-0.4, -0.2) is 61.5 Å². The minimum atomic E-state index is -0.735. The Bertz CT molecular complexity index is 921. The fourth-order valence-corrected chi connectivity index (χ4v) is 3.94. The van der Waals surface area contributed by atoms with E-state index < -0.39 is 12.1 Å². The van der Waals surface area contributed by atoms with Gasteiger partial charge in [0.15, 0.2) is 0 Å². The van der Waals surface area contributed by atoms with Gasteiger partial charge in [-0.1, -0.05) is 63.2 Å². The van der Waals surface area contributed by atoms with E-state index in [-0.39, 0.29) is 17.2 Å². The van der Waals surface area contributed by atoms with Crippen molar-refractivity contribution in [3.63, 3.8) is 0 Å². The third-order valence-electron chi connectivity index (χ3n) is 6.20. The molecule has 0 bridgehead atoms. The average molecular weight is 497 g/mol. The molecule has 2 aromatic rings. The van der Waals surface area contributed by atoms with Crippen LogP contribution >= 0.6 is 0 Å². The molecule has 2 rings (SSSR count). The number of carbonyl (C=O) groups excluding carboxylic acids is 2. The molecule has 8 nitrogen and oxygen atoms in total. The number of carbonyl (C=O) groups is 2. The van der Waals surface area contributed by atoms with Gasteiger partial charge in [0.25, 0.3) is 0 Å². The molecule has 0 heterocycles. The zero-order chi connectivity index (χ0) is 26.6. The second kappa shape index (κ2) is 14.7. The Morgan fingerprint density at radius 1 is 0.861 bits per heavy atom. The molecule has 0 aliphatic rings. The maximum atomic E-state index is 13.2. The van der Waals surface area contributed by atoms with Crippen LogP contribution in [0.1, 0.15) is 44.7 Å². The van der Waals surface area contributed by atoms with Gasteiger partial charge in [0.1, 0.15) is 6.04 Å². The standard InChI is InChI=1S/C28H44N6O2/c1-28(2,3)22-10-12-23(13-11-22)32-27(36)25(14-9-21-7-5-4-6-8-21)33-26(35)24(31)15-18-34(19-16-29)20-17-30/h4-8,10-13,24-25H,9,14-20,29-31H2,1-3H3,(H,32,36)(H,33,35). The number of anilines is 1. The van der Waals surface area contributed by atoms with E-state index in [9.17, 15) is 9.59 Å². The van der Waals surface area contributed by atoms with E-state index in [0.717, 1.165) is 5.56 Å².